The Balaban J connectivity index is 1.57. The number of hydrogen-bond donors (Lipinski definition) is 2. The number of anilines is 2. The lowest BCUT2D eigenvalue weighted by Gasteiger charge is -2.29. The average Bonchev–Trinajstić information content (AvgIpc) is 3.19. The standard InChI is InChI=1S/C24H26N8O/c1-16-5-3-6-17(13-16)22(25)30-29-20-14-19(32-9-11-33-12-10-32)21-24(27-20)31(2)23(28-21)18-7-4-8-26-15-18/h3-8,13-15H,9-12H2,1-2H3,(H2,25,30)(H,27,29). The summed E-state index contributed by atoms with van der Waals surface area (Å²) >= 11 is 0. The zero-order valence-electron chi connectivity index (χ0n) is 18.7. The number of nitrogens with one attached hydrogen (secondary N) is 1. The van der Waals surface area contributed by atoms with Crippen molar-refractivity contribution in [2.24, 2.45) is 17.9 Å². The first-order valence-electron chi connectivity index (χ1n) is 10.9. The minimum atomic E-state index is 0.398. The van der Waals surface area contributed by atoms with Gasteiger partial charge in [-0.1, -0.05) is 23.8 Å². The Morgan fingerprint density at radius 2 is 1.97 bits per heavy atom. The monoisotopic (exact) mass is 442 g/mol. The summed E-state index contributed by atoms with van der Waals surface area (Å²) in [6.07, 6.45) is 3.56. The molecular weight excluding hydrogens is 416 g/mol. The highest BCUT2D eigenvalue weighted by Gasteiger charge is 2.21. The molecule has 5 rings (SSSR count). The maximum atomic E-state index is 6.22. The highest BCUT2D eigenvalue weighted by atomic mass is 16.5. The van der Waals surface area contributed by atoms with E-state index in [4.69, 9.17) is 20.4 Å². The number of fused-ring (bicyclic) bond motifs is 1. The highest BCUT2D eigenvalue weighted by molar-refractivity contribution is 5.98. The van der Waals surface area contributed by atoms with Crippen molar-refractivity contribution in [2.45, 2.75) is 6.92 Å². The fraction of sp³-hybridized carbons (Fsp3) is 0.250. The van der Waals surface area contributed by atoms with Gasteiger partial charge in [0.1, 0.15) is 11.3 Å². The number of hydrazone groups is 1. The molecule has 0 aliphatic carbocycles. The molecule has 3 aromatic heterocycles. The molecule has 0 saturated carbocycles. The molecule has 0 radical (unpaired) electrons. The van der Waals surface area contributed by atoms with Crippen molar-refractivity contribution in [2.75, 3.05) is 36.6 Å². The molecule has 4 heterocycles. The van der Waals surface area contributed by atoms with Crippen LogP contribution in [0.5, 0.6) is 0 Å². The molecule has 3 N–H and O–H groups in total. The number of benzene rings is 1. The van der Waals surface area contributed by atoms with Crippen LogP contribution < -0.4 is 16.1 Å². The zero-order chi connectivity index (χ0) is 22.8. The van der Waals surface area contributed by atoms with Crippen molar-refractivity contribution in [3.05, 3.63) is 66.0 Å². The van der Waals surface area contributed by atoms with Crippen LogP contribution in [0.25, 0.3) is 22.6 Å². The fourth-order valence-electron chi connectivity index (χ4n) is 3.98. The molecule has 0 unspecified atom stereocenters. The Labute approximate surface area is 191 Å². The lowest BCUT2D eigenvalue weighted by atomic mass is 10.1. The van der Waals surface area contributed by atoms with Crippen LogP contribution in [-0.4, -0.2) is 51.7 Å². The molecule has 1 saturated heterocycles. The second kappa shape index (κ2) is 8.87. The van der Waals surface area contributed by atoms with E-state index in [0.29, 0.717) is 24.9 Å². The third kappa shape index (κ3) is 4.22. The van der Waals surface area contributed by atoms with Gasteiger partial charge in [-0.25, -0.2) is 9.97 Å². The smallest absolute Gasteiger partial charge is 0.164 e. The summed E-state index contributed by atoms with van der Waals surface area (Å²) in [6.45, 7) is 4.94. The summed E-state index contributed by atoms with van der Waals surface area (Å²) in [7, 11) is 1.96. The van der Waals surface area contributed by atoms with Crippen LogP contribution >= 0.6 is 0 Å². The third-order valence-corrected chi connectivity index (χ3v) is 5.68. The number of pyridine rings is 2. The maximum absolute atomic E-state index is 6.22. The van der Waals surface area contributed by atoms with Crippen LogP contribution in [0.1, 0.15) is 11.1 Å². The lowest BCUT2D eigenvalue weighted by Crippen LogP contribution is -2.36. The number of imidazole rings is 1. The van der Waals surface area contributed by atoms with Gasteiger partial charge in [-0.05, 0) is 25.1 Å². The minimum absolute atomic E-state index is 0.398. The lowest BCUT2D eigenvalue weighted by molar-refractivity contribution is 0.123. The predicted octanol–water partition coefficient (Wildman–Crippen LogP) is 2.91. The predicted molar refractivity (Wildman–Crippen MR) is 130 cm³/mol. The van der Waals surface area contributed by atoms with E-state index in [-0.39, 0.29) is 0 Å². The van der Waals surface area contributed by atoms with E-state index in [1.54, 1.807) is 6.20 Å². The summed E-state index contributed by atoms with van der Waals surface area (Å²) in [5, 5.41) is 4.39. The number of ether oxygens (including phenoxy) is 1. The fourth-order valence-corrected chi connectivity index (χ4v) is 3.98. The Kier molecular flexibility index (Phi) is 5.62. The summed E-state index contributed by atoms with van der Waals surface area (Å²) in [4.78, 5) is 16.3. The molecule has 4 aromatic rings. The van der Waals surface area contributed by atoms with Gasteiger partial charge in [0.2, 0.25) is 0 Å². The van der Waals surface area contributed by atoms with Crippen molar-refractivity contribution < 1.29 is 4.74 Å². The molecule has 1 aliphatic heterocycles. The van der Waals surface area contributed by atoms with Crippen molar-refractivity contribution in [1.82, 2.24) is 19.5 Å². The third-order valence-electron chi connectivity index (χ3n) is 5.68. The molecule has 168 valence electrons. The minimum Gasteiger partial charge on any atom is -0.382 e. The Morgan fingerprint density at radius 3 is 2.73 bits per heavy atom. The molecule has 9 nitrogen and oxygen atoms in total. The first-order chi connectivity index (χ1) is 16.1. The maximum Gasteiger partial charge on any atom is 0.164 e. The van der Waals surface area contributed by atoms with Crippen molar-refractivity contribution in [3.63, 3.8) is 0 Å². The first kappa shape index (κ1) is 20.9. The van der Waals surface area contributed by atoms with E-state index < -0.39 is 0 Å². The number of nitrogens with zero attached hydrogens (tertiary/aromatic N) is 6. The molecule has 0 atom stereocenters. The number of rotatable bonds is 5. The zero-order valence-corrected chi connectivity index (χ0v) is 18.7. The topological polar surface area (TPSA) is 106 Å². The highest BCUT2D eigenvalue weighted by Crippen LogP contribution is 2.32. The molecule has 0 amide bonds. The second-order valence-corrected chi connectivity index (χ2v) is 8.01. The molecule has 33 heavy (non-hydrogen) atoms. The number of amidine groups is 1. The number of nitrogens with two attached hydrogens (primary N) is 1. The molecule has 1 aliphatic rings. The first-order valence-corrected chi connectivity index (χ1v) is 10.9. The quantitative estimate of drug-likeness (QED) is 0.278. The van der Waals surface area contributed by atoms with Crippen LogP contribution in [-0.2, 0) is 11.8 Å². The second-order valence-electron chi connectivity index (χ2n) is 8.01. The van der Waals surface area contributed by atoms with E-state index in [2.05, 4.69) is 20.4 Å². The van der Waals surface area contributed by atoms with Gasteiger partial charge >= 0.3 is 0 Å². The van der Waals surface area contributed by atoms with Gasteiger partial charge < -0.3 is 19.9 Å². The summed E-state index contributed by atoms with van der Waals surface area (Å²) in [5.41, 5.74) is 14.8. The molecule has 9 heteroatoms. The SMILES string of the molecule is Cc1cccc(/C(N)=N/Nc2cc(N3CCOCC3)c3nc(-c4cccnc4)n(C)c3n2)c1. The Morgan fingerprint density at radius 1 is 1.12 bits per heavy atom. The normalized spacial score (nSPS) is 14.6. The van der Waals surface area contributed by atoms with E-state index in [0.717, 1.165) is 52.5 Å². The van der Waals surface area contributed by atoms with Crippen LogP contribution in [0.4, 0.5) is 11.5 Å². The van der Waals surface area contributed by atoms with Crippen molar-refractivity contribution in [3.8, 4) is 11.4 Å². The number of morpholine rings is 1. The van der Waals surface area contributed by atoms with Gasteiger partial charge in [0.05, 0.1) is 18.9 Å². The summed E-state index contributed by atoms with van der Waals surface area (Å²) in [5.74, 6) is 1.80. The molecule has 1 fully saturated rings. The van der Waals surface area contributed by atoms with E-state index in [1.807, 2.05) is 67.2 Å². The van der Waals surface area contributed by atoms with Gasteiger partial charge in [-0.3, -0.25) is 10.4 Å². The Hall–Kier alpha value is -3.98. The van der Waals surface area contributed by atoms with E-state index >= 15 is 0 Å². The van der Waals surface area contributed by atoms with Crippen LogP contribution in [0, 0.1) is 6.92 Å². The van der Waals surface area contributed by atoms with Gasteiger partial charge in [0.25, 0.3) is 0 Å². The molecular formula is C24H26N8O. The van der Waals surface area contributed by atoms with Gasteiger partial charge in [0, 0.05) is 49.7 Å². The average molecular weight is 443 g/mol. The van der Waals surface area contributed by atoms with Gasteiger partial charge in [-0.2, -0.15) is 5.10 Å². The van der Waals surface area contributed by atoms with Gasteiger partial charge in [0.15, 0.2) is 17.3 Å². The number of aromatic nitrogens is 4. The van der Waals surface area contributed by atoms with Crippen molar-refractivity contribution >= 4 is 28.5 Å². The van der Waals surface area contributed by atoms with Gasteiger partial charge in [-0.15, -0.1) is 0 Å². The van der Waals surface area contributed by atoms with Crippen LogP contribution in [0.15, 0.2) is 60.0 Å². The van der Waals surface area contributed by atoms with E-state index in [9.17, 15) is 0 Å². The summed E-state index contributed by atoms with van der Waals surface area (Å²) < 4.78 is 7.54. The summed E-state index contributed by atoms with van der Waals surface area (Å²) in [6, 6.07) is 13.8. The Bertz CT molecular complexity index is 1310. The molecule has 0 bridgehead atoms. The largest absolute Gasteiger partial charge is 0.382 e. The number of hydrogen-bond acceptors (Lipinski definition) is 7. The van der Waals surface area contributed by atoms with Crippen LogP contribution in [0.3, 0.4) is 0 Å². The van der Waals surface area contributed by atoms with E-state index in [1.165, 1.54) is 0 Å². The van der Waals surface area contributed by atoms with Crippen LogP contribution in [0.2, 0.25) is 0 Å². The van der Waals surface area contributed by atoms with Crippen molar-refractivity contribution in [1.29, 1.82) is 0 Å². The molecule has 1 aromatic carbocycles. The number of aryl methyl sites for hydroxylation is 2. The molecule has 0 spiro atoms.